The Balaban J connectivity index is 1.22. The quantitative estimate of drug-likeness (QED) is 0.146. The van der Waals surface area contributed by atoms with Gasteiger partial charge in [0.25, 0.3) is 11.8 Å². The molecule has 43 heavy (non-hydrogen) atoms. The number of fused-ring (bicyclic) bond motifs is 1. The van der Waals surface area contributed by atoms with Crippen molar-refractivity contribution < 1.29 is 52.0 Å². The second-order valence-electron chi connectivity index (χ2n) is 9.79. The van der Waals surface area contributed by atoms with Gasteiger partial charge in [-0.3, -0.25) is 34.2 Å². The van der Waals surface area contributed by atoms with Gasteiger partial charge in [0.15, 0.2) is 0 Å². The Morgan fingerprint density at radius 1 is 0.814 bits per heavy atom. The van der Waals surface area contributed by atoms with E-state index in [1.165, 1.54) is 6.07 Å². The topological polar surface area (TPSA) is 159 Å². The molecule has 0 saturated carbocycles. The van der Waals surface area contributed by atoms with Crippen LogP contribution < -0.4 is 10.6 Å². The van der Waals surface area contributed by atoms with Crippen LogP contribution in [-0.4, -0.2) is 113 Å². The first-order valence-electron chi connectivity index (χ1n) is 14.5. The molecule has 1 aromatic rings. The van der Waals surface area contributed by atoms with Crippen molar-refractivity contribution in [1.82, 2.24) is 10.2 Å². The highest BCUT2D eigenvalue weighted by atomic mass is 19.1. The summed E-state index contributed by atoms with van der Waals surface area (Å²) in [6.07, 6.45) is 2.46. The fourth-order valence-electron chi connectivity index (χ4n) is 4.53. The number of unbranched alkanes of at least 4 members (excludes halogenated alkanes) is 2. The summed E-state index contributed by atoms with van der Waals surface area (Å²) in [5.74, 6) is -2.72. The van der Waals surface area contributed by atoms with Gasteiger partial charge in [-0.15, -0.1) is 0 Å². The summed E-state index contributed by atoms with van der Waals surface area (Å²) in [4.78, 5) is 63.2. The first-order chi connectivity index (χ1) is 20.9. The zero-order valence-electron chi connectivity index (χ0n) is 24.2. The highest BCUT2D eigenvalue weighted by Crippen LogP contribution is 2.32. The van der Waals surface area contributed by atoms with E-state index in [9.17, 15) is 28.4 Å². The number of alkyl halides is 1. The third-order valence-corrected chi connectivity index (χ3v) is 6.64. The number of amides is 5. The van der Waals surface area contributed by atoms with Gasteiger partial charge < -0.3 is 29.0 Å². The summed E-state index contributed by atoms with van der Waals surface area (Å²) >= 11 is 0. The molecule has 1 unspecified atom stereocenters. The van der Waals surface area contributed by atoms with E-state index in [2.05, 4.69) is 10.6 Å². The number of anilines is 1. The van der Waals surface area contributed by atoms with Crippen LogP contribution in [0.1, 0.15) is 59.2 Å². The predicted octanol–water partition coefficient (Wildman–Crippen LogP) is 1.64. The fraction of sp³-hybridized carbons (Fsp3) is 0.621. The molecule has 1 fully saturated rings. The van der Waals surface area contributed by atoms with Crippen molar-refractivity contribution in [3.8, 4) is 0 Å². The van der Waals surface area contributed by atoms with E-state index in [1.807, 2.05) is 0 Å². The molecule has 0 aromatic heterocycles. The van der Waals surface area contributed by atoms with Crippen molar-refractivity contribution in [2.45, 2.75) is 44.6 Å². The largest absolute Gasteiger partial charge is 0.379 e. The molecule has 13 nitrogen and oxygen atoms in total. The molecule has 2 aliphatic heterocycles. The minimum Gasteiger partial charge on any atom is -0.379 e. The summed E-state index contributed by atoms with van der Waals surface area (Å²) in [5, 5.41) is 4.88. The molecule has 1 aromatic carbocycles. The summed E-state index contributed by atoms with van der Waals surface area (Å²) < 4.78 is 38.4. The first-order valence-corrected chi connectivity index (χ1v) is 14.5. The van der Waals surface area contributed by atoms with Gasteiger partial charge in [-0.05, 0) is 31.4 Å². The molecule has 1 atom stereocenters. The number of piperidine rings is 1. The van der Waals surface area contributed by atoms with E-state index in [4.69, 9.17) is 23.7 Å². The van der Waals surface area contributed by atoms with Crippen LogP contribution in [0.5, 0.6) is 0 Å². The first kappa shape index (κ1) is 34.2. The number of benzene rings is 1. The van der Waals surface area contributed by atoms with Crippen molar-refractivity contribution in [3.63, 3.8) is 0 Å². The molecule has 14 heteroatoms. The summed E-state index contributed by atoms with van der Waals surface area (Å²) in [7, 11) is 0. The average Bonchev–Trinajstić information content (AvgIpc) is 3.24. The Bertz CT molecular complexity index is 1100. The molecule has 238 valence electrons. The Kier molecular flexibility index (Phi) is 15.2. The summed E-state index contributed by atoms with van der Waals surface area (Å²) in [6, 6.07) is 3.52. The number of hydrogen-bond acceptors (Lipinski definition) is 10. The maximum Gasteiger partial charge on any atom is 0.264 e. The predicted molar refractivity (Wildman–Crippen MR) is 150 cm³/mol. The minimum atomic E-state index is -1.07. The van der Waals surface area contributed by atoms with Crippen LogP contribution in [0.25, 0.3) is 0 Å². The number of nitrogens with one attached hydrogen (secondary N) is 2. The minimum absolute atomic E-state index is 0.0299. The fourth-order valence-corrected chi connectivity index (χ4v) is 4.53. The number of carbonyl (C=O) groups is 5. The summed E-state index contributed by atoms with van der Waals surface area (Å²) in [6.45, 7) is 3.54. The smallest absolute Gasteiger partial charge is 0.264 e. The van der Waals surface area contributed by atoms with E-state index in [-0.39, 0.29) is 48.6 Å². The van der Waals surface area contributed by atoms with Gasteiger partial charge in [0.2, 0.25) is 17.7 Å². The lowest BCUT2D eigenvalue weighted by Gasteiger charge is -2.27. The SMILES string of the molecule is O=C1CCC(N2C(=O)c3cccc(NC(=O)CCCCCOCCOCCOCCOCCOCCF)c3C2=O)C(=O)N1. The van der Waals surface area contributed by atoms with Crippen molar-refractivity contribution in [3.05, 3.63) is 29.3 Å². The van der Waals surface area contributed by atoms with E-state index < -0.39 is 36.3 Å². The normalized spacial score (nSPS) is 16.5. The van der Waals surface area contributed by atoms with Crippen LogP contribution in [0, 0.1) is 0 Å². The maximum absolute atomic E-state index is 13.1. The van der Waals surface area contributed by atoms with Crippen molar-refractivity contribution in [2.24, 2.45) is 0 Å². The third-order valence-electron chi connectivity index (χ3n) is 6.64. The van der Waals surface area contributed by atoms with Crippen LogP contribution in [0.15, 0.2) is 18.2 Å². The number of ether oxygens (including phenoxy) is 5. The number of imide groups is 2. The number of carbonyl (C=O) groups excluding carboxylic acids is 5. The van der Waals surface area contributed by atoms with Crippen molar-refractivity contribution in [1.29, 1.82) is 0 Å². The number of halogens is 1. The van der Waals surface area contributed by atoms with E-state index in [0.717, 1.165) is 17.7 Å². The number of rotatable bonds is 22. The van der Waals surface area contributed by atoms with E-state index in [0.29, 0.717) is 65.9 Å². The molecule has 2 N–H and O–H groups in total. The van der Waals surface area contributed by atoms with Crippen LogP contribution in [0.2, 0.25) is 0 Å². The zero-order valence-corrected chi connectivity index (χ0v) is 24.2. The Hall–Kier alpha value is -3.30. The van der Waals surface area contributed by atoms with Gasteiger partial charge >= 0.3 is 0 Å². The molecule has 1 saturated heterocycles. The highest BCUT2D eigenvalue weighted by molar-refractivity contribution is 6.26. The van der Waals surface area contributed by atoms with Gasteiger partial charge in [0.05, 0.1) is 76.3 Å². The number of nitrogens with zero attached hydrogens (tertiary/aromatic N) is 1. The Morgan fingerprint density at radius 2 is 1.42 bits per heavy atom. The molecule has 0 spiro atoms. The summed E-state index contributed by atoms with van der Waals surface area (Å²) in [5.41, 5.74) is 0.380. The second-order valence-corrected chi connectivity index (χ2v) is 9.79. The zero-order chi connectivity index (χ0) is 30.9. The Morgan fingerprint density at radius 3 is 2.02 bits per heavy atom. The molecule has 2 heterocycles. The molecular formula is C29H40FN3O10. The van der Waals surface area contributed by atoms with E-state index >= 15 is 0 Å². The van der Waals surface area contributed by atoms with Crippen LogP contribution >= 0.6 is 0 Å². The van der Waals surface area contributed by atoms with E-state index in [1.54, 1.807) is 12.1 Å². The van der Waals surface area contributed by atoms with Crippen LogP contribution in [-0.2, 0) is 38.1 Å². The lowest BCUT2D eigenvalue weighted by molar-refractivity contribution is -0.136. The van der Waals surface area contributed by atoms with Crippen LogP contribution in [0.4, 0.5) is 10.1 Å². The van der Waals surface area contributed by atoms with Crippen molar-refractivity contribution in [2.75, 3.05) is 78.1 Å². The average molecular weight is 610 g/mol. The molecule has 0 bridgehead atoms. The van der Waals surface area contributed by atoms with Gasteiger partial charge in [0.1, 0.15) is 12.7 Å². The third kappa shape index (κ3) is 11.0. The van der Waals surface area contributed by atoms with Gasteiger partial charge in [-0.2, -0.15) is 0 Å². The monoisotopic (exact) mass is 609 g/mol. The molecular weight excluding hydrogens is 569 g/mol. The standard InChI is InChI=1S/C29H40FN3O10/c30-10-12-40-14-16-42-18-20-43-19-17-41-15-13-39-11-3-1-2-7-24(34)31-22-6-4-5-21-26(22)29(38)33(28(21)37)23-8-9-25(35)32-27(23)36/h4-6,23H,1-3,7-20H2,(H,31,34)(H,32,35,36). The molecule has 0 aliphatic carbocycles. The second kappa shape index (κ2) is 19.1. The highest BCUT2D eigenvalue weighted by Gasteiger charge is 2.45. The lowest BCUT2D eigenvalue weighted by Crippen LogP contribution is -2.54. The molecule has 3 rings (SSSR count). The molecule has 2 aliphatic rings. The van der Waals surface area contributed by atoms with Gasteiger partial charge in [-0.25, -0.2) is 4.39 Å². The lowest BCUT2D eigenvalue weighted by atomic mass is 10.0. The van der Waals surface area contributed by atoms with Crippen molar-refractivity contribution >= 4 is 35.2 Å². The number of hydrogen-bond donors (Lipinski definition) is 2. The molecule has 5 amide bonds. The Labute approximate surface area is 249 Å². The van der Waals surface area contributed by atoms with Gasteiger partial charge in [0, 0.05) is 19.4 Å². The maximum atomic E-state index is 13.1. The van der Waals surface area contributed by atoms with Gasteiger partial charge in [-0.1, -0.05) is 12.5 Å². The van der Waals surface area contributed by atoms with Crippen LogP contribution in [0.3, 0.4) is 0 Å². The molecule has 0 radical (unpaired) electrons.